The maximum absolute atomic E-state index is 13.7. The zero-order valence-electron chi connectivity index (χ0n) is 18.1. The highest BCUT2D eigenvalue weighted by atomic mass is 19.4. The van der Waals surface area contributed by atoms with E-state index in [4.69, 9.17) is 13.9 Å². The molecule has 4 rings (SSSR count). The Morgan fingerprint density at radius 1 is 1.18 bits per heavy atom. The Kier molecular flexibility index (Phi) is 7.06. The van der Waals surface area contributed by atoms with Crippen molar-refractivity contribution in [3.8, 4) is 17.0 Å². The van der Waals surface area contributed by atoms with E-state index in [2.05, 4.69) is 4.98 Å². The highest BCUT2D eigenvalue weighted by Crippen LogP contribution is 2.39. The molecule has 180 valence electrons. The number of rotatable bonds is 8. The van der Waals surface area contributed by atoms with Crippen LogP contribution < -0.4 is 4.74 Å². The first kappa shape index (κ1) is 23.6. The number of alkyl halides is 3. The number of hydrogen-bond donors (Lipinski definition) is 1. The van der Waals surface area contributed by atoms with Crippen molar-refractivity contribution in [1.29, 1.82) is 0 Å². The smallest absolute Gasteiger partial charge is 0.419 e. The molecule has 0 spiro atoms. The zero-order valence-corrected chi connectivity index (χ0v) is 18.1. The second kappa shape index (κ2) is 10.2. The summed E-state index contributed by atoms with van der Waals surface area (Å²) in [5.41, 5.74) is 0.398. The van der Waals surface area contributed by atoms with Crippen LogP contribution in [-0.4, -0.2) is 40.8 Å². The van der Waals surface area contributed by atoms with E-state index in [1.807, 2.05) is 30.3 Å². The SMILES string of the molecule is O=C(O)N1CCCC1c1nc(-c2ccc(OCCOCc3ccccc3)c(C(F)(F)F)c2)co1. The van der Waals surface area contributed by atoms with Crippen molar-refractivity contribution < 1.29 is 37.0 Å². The Hall–Kier alpha value is -3.53. The lowest BCUT2D eigenvalue weighted by Crippen LogP contribution is -2.28. The van der Waals surface area contributed by atoms with Gasteiger partial charge in [-0.25, -0.2) is 9.78 Å². The van der Waals surface area contributed by atoms with Crippen LogP contribution in [0.3, 0.4) is 0 Å². The molecule has 0 saturated carbocycles. The summed E-state index contributed by atoms with van der Waals surface area (Å²) in [5, 5.41) is 9.30. The van der Waals surface area contributed by atoms with Gasteiger partial charge in [-0.3, -0.25) is 4.90 Å². The van der Waals surface area contributed by atoms with E-state index in [-0.39, 0.29) is 36.1 Å². The second-order valence-corrected chi connectivity index (χ2v) is 7.80. The lowest BCUT2D eigenvalue weighted by molar-refractivity contribution is -0.139. The fourth-order valence-electron chi connectivity index (χ4n) is 3.84. The Bertz CT molecular complexity index is 1120. The predicted molar refractivity (Wildman–Crippen MR) is 115 cm³/mol. The number of nitrogens with zero attached hydrogens (tertiary/aromatic N) is 2. The number of benzene rings is 2. The molecule has 1 atom stereocenters. The van der Waals surface area contributed by atoms with Crippen molar-refractivity contribution in [1.82, 2.24) is 9.88 Å². The van der Waals surface area contributed by atoms with Crippen LogP contribution in [0.5, 0.6) is 5.75 Å². The Morgan fingerprint density at radius 2 is 1.97 bits per heavy atom. The maximum atomic E-state index is 13.7. The normalized spacial score (nSPS) is 16.1. The first-order valence-corrected chi connectivity index (χ1v) is 10.7. The van der Waals surface area contributed by atoms with Gasteiger partial charge in [0.05, 0.1) is 18.8 Å². The molecular formula is C24H23F3N2O5. The van der Waals surface area contributed by atoms with E-state index < -0.39 is 23.9 Å². The van der Waals surface area contributed by atoms with E-state index in [0.717, 1.165) is 11.6 Å². The molecule has 2 aromatic carbocycles. The van der Waals surface area contributed by atoms with Gasteiger partial charge in [-0.2, -0.15) is 13.2 Å². The third kappa shape index (κ3) is 5.51. The number of likely N-dealkylation sites (tertiary alicyclic amines) is 1. The summed E-state index contributed by atoms with van der Waals surface area (Å²) in [5.74, 6) is -0.143. The summed E-state index contributed by atoms with van der Waals surface area (Å²) in [6.45, 7) is 0.777. The van der Waals surface area contributed by atoms with Gasteiger partial charge in [0.15, 0.2) is 0 Å². The Labute approximate surface area is 193 Å². The van der Waals surface area contributed by atoms with Gasteiger partial charge in [-0.15, -0.1) is 0 Å². The number of carboxylic acid groups (broad SMARTS) is 1. The standard InChI is InChI=1S/C24H23F3N2O5/c25-24(26,27)18-13-17(19-15-34-22(28-19)20-7-4-10-29(20)23(30)31)8-9-21(18)33-12-11-32-14-16-5-2-1-3-6-16/h1-3,5-6,8-9,13,15,20H,4,7,10-12,14H2,(H,30,31). The van der Waals surface area contributed by atoms with E-state index in [1.165, 1.54) is 23.3 Å². The molecule has 7 nitrogen and oxygen atoms in total. The summed E-state index contributed by atoms with van der Waals surface area (Å²) in [7, 11) is 0. The van der Waals surface area contributed by atoms with E-state index in [9.17, 15) is 23.1 Å². The van der Waals surface area contributed by atoms with Gasteiger partial charge in [0.2, 0.25) is 5.89 Å². The highest BCUT2D eigenvalue weighted by molar-refractivity contribution is 5.66. The van der Waals surface area contributed by atoms with Gasteiger partial charge in [-0.05, 0) is 36.6 Å². The third-order valence-electron chi connectivity index (χ3n) is 5.48. The minimum Gasteiger partial charge on any atom is -0.491 e. The molecule has 34 heavy (non-hydrogen) atoms. The quantitative estimate of drug-likeness (QED) is 0.416. The maximum Gasteiger partial charge on any atom is 0.419 e. The number of hydrogen-bond acceptors (Lipinski definition) is 5. The van der Waals surface area contributed by atoms with Crippen molar-refractivity contribution in [2.45, 2.75) is 31.7 Å². The van der Waals surface area contributed by atoms with Crippen molar-refractivity contribution in [3.63, 3.8) is 0 Å². The molecule has 1 saturated heterocycles. The lowest BCUT2D eigenvalue weighted by atomic mass is 10.1. The molecule has 3 aromatic rings. The number of oxazole rings is 1. The van der Waals surface area contributed by atoms with Gasteiger partial charge in [-0.1, -0.05) is 30.3 Å². The van der Waals surface area contributed by atoms with E-state index in [1.54, 1.807) is 0 Å². The fraction of sp³-hybridized carbons (Fsp3) is 0.333. The van der Waals surface area contributed by atoms with Crippen LogP contribution in [0.15, 0.2) is 59.2 Å². The topological polar surface area (TPSA) is 85.0 Å². The summed E-state index contributed by atoms with van der Waals surface area (Å²) < 4.78 is 57.4. The molecule has 1 fully saturated rings. The minimum atomic E-state index is -4.64. The molecule has 1 N–H and O–H groups in total. The summed E-state index contributed by atoms with van der Waals surface area (Å²) in [4.78, 5) is 16.8. The van der Waals surface area contributed by atoms with Crippen LogP contribution >= 0.6 is 0 Å². The van der Waals surface area contributed by atoms with Crippen molar-refractivity contribution >= 4 is 6.09 Å². The predicted octanol–water partition coefficient (Wildman–Crippen LogP) is 5.77. The van der Waals surface area contributed by atoms with Gasteiger partial charge in [0.25, 0.3) is 0 Å². The van der Waals surface area contributed by atoms with Gasteiger partial charge >= 0.3 is 12.3 Å². The van der Waals surface area contributed by atoms with Crippen LogP contribution in [0, 0.1) is 0 Å². The molecule has 0 aliphatic carbocycles. The monoisotopic (exact) mass is 476 g/mol. The molecule has 0 bridgehead atoms. The summed E-state index contributed by atoms with van der Waals surface area (Å²) in [6, 6.07) is 12.5. The fourth-order valence-corrected chi connectivity index (χ4v) is 3.84. The molecule has 1 amide bonds. The Morgan fingerprint density at radius 3 is 2.71 bits per heavy atom. The summed E-state index contributed by atoms with van der Waals surface area (Å²) in [6.07, 6.45) is -3.29. The third-order valence-corrected chi connectivity index (χ3v) is 5.48. The highest BCUT2D eigenvalue weighted by Gasteiger charge is 2.36. The average molecular weight is 476 g/mol. The lowest BCUT2D eigenvalue weighted by Gasteiger charge is -2.18. The van der Waals surface area contributed by atoms with E-state index >= 15 is 0 Å². The average Bonchev–Trinajstić information content (AvgIpc) is 3.49. The molecule has 2 heterocycles. The van der Waals surface area contributed by atoms with Gasteiger partial charge in [0.1, 0.15) is 30.4 Å². The number of ether oxygens (including phenoxy) is 2. The molecule has 0 radical (unpaired) electrons. The van der Waals surface area contributed by atoms with Crippen LogP contribution in [-0.2, 0) is 17.5 Å². The second-order valence-electron chi connectivity index (χ2n) is 7.80. The molecule has 1 aliphatic rings. The van der Waals surface area contributed by atoms with Gasteiger partial charge in [0, 0.05) is 12.1 Å². The number of amides is 1. The number of aromatic nitrogens is 1. The first-order chi connectivity index (χ1) is 16.3. The molecule has 1 aliphatic heterocycles. The number of halogens is 3. The molecular weight excluding hydrogens is 453 g/mol. The van der Waals surface area contributed by atoms with Crippen molar-refractivity contribution in [2.24, 2.45) is 0 Å². The largest absolute Gasteiger partial charge is 0.491 e. The molecule has 1 unspecified atom stereocenters. The Balaban J connectivity index is 1.44. The number of carbonyl (C=O) groups is 1. The summed E-state index contributed by atoms with van der Waals surface area (Å²) >= 11 is 0. The van der Waals surface area contributed by atoms with Crippen LogP contribution in [0.1, 0.15) is 35.9 Å². The molecule has 1 aromatic heterocycles. The van der Waals surface area contributed by atoms with Crippen LogP contribution in [0.4, 0.5) is 18.0 Å². The zero-order chi connectivity index (χ0) is 24.1. The van der Waals surface area contributed by atoms with Crippen molar-refractivity contribution in [2.75, 3.05) is 19.8 Å². The molecule has 10 heteroatoms. The van der Waals surface area contributed by atoms with Gasteiger partial charge < -0.3 is 19.0 Å². The first-order valence-electron chi connectivity index (χ1n) is 10.7. The van der Waals surface area contributed by atoms with E-state index in [0.29, 0.717) is 26.0 Å². The van der Waals surface area contributed by atoms with Crippen LogP contribution in [0.25, 0.3) is 11.3 Å². The van der Waals surface area contributed by atoms with Crippen LogP contribution in [0.2, 0.25) is 0 Å². The van der Waals surface area contributed by atoms with Crippen molar-refractivity contribution in [3.05, 3.63) is 71.8 Å². The minimum absolute atomic E-state index is 0.0456.